The number of nitrogens with zero attached hydrogens (tertiary/aromatic N) is 2. The fourth-order valence-electron chi connectivity index (χ4n) is 4.62. The molecule has 0 saturated carbocycles. The van der Waals surface area contributed by atoms with Gasteiger partial charge in [-0.15, -0.1) is 0 Å². The molecule has 2 aromatic rings. The number of carbonyl (C=O) groups excluding carboxylic acids is 1. The van der Waals surface area contributed by atoms with Crippen molar-refractivity contribution in [2.24, 2.45) is 0 Å². The van der Waals surface area contributed by atoms with E-state index in [2.05, 4.69) is 22.0 Å². The first-order valence-corrected chi connectivity index (χ1v) is 10.8. The normalized spacial score (nSPS) is 19.7. The highest BCUT2D eigenvalue weighted by atomic mass is 16.5. The van der Waals surface area contributed by atoms with Gasteiger partial charge in [-0.3, -0.25) is 9.69 Å². The van der Waals surface area contributed by atoms with Gasteiger partial charge < -0.3 is 19.3 Å². The number of carbonyl (C=O) groups is 1. The molecular weight excluding hydrogens is 380 g/mol. The van der Waals surface area contributed by atoms with Crippen LogP contribution in [0.1, 0.15) is 24.4 Å². The fourth-order valence-corrected chi connectivity index (χ4v) is 4.62. The molecule has 7 heteroatoms. The van der Waals surface area contributed by atoms with E-state index in [0.29, 0.717) is 6.54 Å². The van der Waals surface area contributed by atoms with E-state index in [0.717, 1.165) is 68.4 Å². The van der Waals surface area contributed by atoms with Gasteiger partial charge in [0.05, 0.1) is 26.5 Å². The number of aromatic nitrogens is 1. The molecule has 4 rings (SSSR count). The number of hydrogen-bond donors (Lipinski definition) is 1. The molecule has 1 aromatic heterocycles. The third-order valence-corrected chi connectivity index (χ3v) is 6.27. The first kappa shape index (κ1) is 20.5. The van der Waals surface area contributed by atoms with Crippen LogP contribution in [0.4, 0.5) is 5.82 Å². The highest BCUT2D eigenvalue weighted by Crippen LogP contribution is 2.38. The maximum Gasteiger partial charge on any atom is 0.278 e. The monoisotopic (exact) mass is 412 g/mol. The summed E-state index contributed by atoms with van der Waals surface area (Å²) in [4.78, 5) is 22.3. The molecule has 1 atom stereocenters. The average molecular weight is 413 g/mol. The molecule has 0 unspecified atom stereocenters. The van der Waals surface area contributed by atoms with Crippen LogP contribution in [0.5, 0.6) is 11.5 Å². The second-order valence-electron chi connectivity index (χ2n) is 8.01. The van der Waals surface area contributed by atoms with Crippen molar-refractivity contribution in [1.29, 1.82) is 0 Å². The molecular formula is C23H32N4O3+2. The van der Waals surface area contributed by atoms with Crippen molar-refractivity contribution in [1.82, 2.24) is 4.90 Å². The smallest absolute Gasteiger partial charge is 0.278 e. The zero-order valence-corrected chi connectivity index (χ0v) is 17.9. The Labute approximate surface area is 178 Å². The molecule has 30 heavy (non-hydrogen) atoms. The Bertz CT molecular complexity index is 853. The van der Waals surface area contributed by atoms with E-state index in [1.807, 2.05) is 35.4 Å². The van der Waals surface area contributed by atoms with Gasteiger partial charge in [-0.05, 0) is 37.1 Å². The molecule has 2 fully saturated rings. The lowest BCUT2D eigenvalue weighted by molar-refractivity contribution is -0.892. The topological polar surface area (TPSA) is 60.6 Å². The second kappa shape index (κ2) is 9.34. The number of rotatable bonds is 6. The Morgan fingerprint density at radius 3 is 2.67 bits per heavy atom. The molecule has 2 saturated heterocycles. The van der Waals surface area contributed by atoms with Crippen LogP contribution >= 0.6 is 0 Å². The lowest BCUT2D eigenvalue weighted by atomic mass is 10.0. The lowest BCUT2D eigenvalue weighted by Crippen LogP contribution is -3.16. The summed E-state index contributed by atoms with van der Waals surface area (Å²) >= 11 is 0. The highest BCUT2D eigenvalue weighted by molar-refractivity contribution is 5.78. The molecule has 2 N–H and O–H groups in total. The summed E-state index contributed by atoms with van der Waals surface area (Å²) in [5, 5.41) is 0. The molecule has 160 valence electrons. The summed E-state index contributed by atoms with van der Waals surface area (Å²) in [5.41, 5.74) is 1.04. The number of benzene rings is 1. The maximum atomic E-state index is 13.2. The minimum Gasteiger partial charge on any atom is -0.497 e. The van der Waals surface area contributed by atoms with Crippen LogP contribution < -0.4 is 24.3 Å². The predicted molar refractivity (Wildman–Crippen MR) is 114 cm³/mol. The van der Waals surface area contributed by atoms with Crippen molar-refractivity contribution in [2.75, 3.05) is 58.4 Å². The number of piperazine rings is 1. The molecule has 1 aromatic carbocycles. The van der Waals surface area contributed by atoms with Gasteiger partial charge in [0.25, 0.3) is 11.7 Å². The van der Waals surface area contributed by atoms with Gasteiger partial charge in [0.15, 0.2) is 6.54 Å². The number of quaternary nitrogens is 1. The molecule has 1 amide bonds. The Balaban J connectivity index is 1.39. The summed E-state index contributed by atoms with van der Waals surface area (Å²) in [6.07, 6.45) is 3.93. The molecule has 0 aliphatic carbocycles. The van der Waals surface area contributed by atoms with E-state index in [9.17, 15) is 4.79 Å². The van der Waals surface area contributed by atoms with Gasteiger partial charge in [-0.2, -0.15) is 0 Å². The average Bonchev–Trinajstić information content (AvgIpc) is 3.30. The minimum absolute atomic E-state index is 0.0576. The van der Waals surface area contributed by atoms with Gasteiger partial charge in [-0.1, -0.05) is 6.07 Å². The largest absolute Gasteiger partial charge is 0.497 e. The molecule has 0 spiro atoms. The SMILES string of the molecule is COc1ccc(OC)c([C@@H]2CCCN2C(=O)C[NH+]2CCN(c3cccc[nH+]3)CC2)c1. The van der Waals surface area contributed by atoms with Gasteiger partial charge in [-0.25, -0.2) is 4.98 Å². The molecule has 2 aliphatic heterocycles. The van der Waals surface area contributed by atoms with E-state index in [1.54, 1.807) is 14.2 Å². The third-order valence-electron chi connectivity index (χ3n) is 6.27. The van der Waals surface area contributed by atoms with E-state index < -0.39 is 0 Å². The molecule has 3 heterocycles. The number of likely N-dealkylation sites (tertiary alicyclic amines) is 1. The zero-order chi connectivity index (χ0) is 20.9. The van der Waals surface area contributed by atoms with Crippen molar-refractivity contribution < 1.29 is 24.2 Å². The quantitative estimate of drug-likeness (QED) is 0.754. The number of amides is 1. The van der Waals surface area contributed by atoms with Crippen LogP contribution in [0.15, 0.2) is 42.6 Å². The molecule has 0 bridgehead atoms. The second-order valence-corrected chi connectivity index (χ2v) is 8.01. The summed E-state index contributed by atoms with van der Waals surface area (Å²) < 4.78 is 11.0. The fraction of sp³-hybridized carbons (Fsp3) is 0.478. The van der Waals surface area contributed by atoms with Gasteiger partial charge in [0, 0.05) is 18.2 Å². The Hall–Kier alpha value is -2.80. The Morgan fingerprint density at radius 2 is 1.97 bits per heavy atom. The van der Waals surface area contributed by atoms with Crippen LogP contribution in [-0.4, -0.2) is 64.3 Å². The van der Waals surface area contributed by atoms with Gasteiger partial charge >= 0.3 is 0 Å². The van der Waals surface area contributed by atoms with Crippen LogP contribution in [0.3, 0.4) is 0 Å². The molecule has 0 radical (unpaired) electrons. The zero-order valence-electron chi connectivity index (χ0n) is 17.9. The predicted octanol–water partition coefficient (Wildman–Crippen LogP) is 0.587. The number of aromatic amines is 1. The highest BCUT2D eigenvalue weighted by Gasteiger charge is 2.35. The number of nitrogens with one attached hydrogen (secondary N) is 2. The van der Waals surface area contributed by atoms with Crippen LogP contribution in [0, 0.1) is 0 Å². The first-order chi connectivity index (χ1) is 14.7. The lowest BCUT2D eigenvalue weighted by Gasteiger charge is -2.31. The van der Waals surface area contributed by atoms with Gasteiger partial charge in [0.2, 0.25) is 0 Å². The van der Waals surface area contributed by atoms with Gasteiger partial charge in [0.1, 0.15) is 37.7 Å². The summed E-state index contributed by atoms with van der Waals surface area (Å²) in [6, 6.07) is 12.0. The molecule has 2 aliphatic rings. The standard InChI is InChI=1S/C23H30N4O3/c1-29-18-8-9-21(30-2)19(16-18)20-6-5-11-27(20)23(28)17-25-12-14-26(15-13-25)22-7-3-4-10-24-22/h3-4,7-10,16,20H,5-6,11-15,17H2,1-2H3/p+2/t20-/m0/s1. The van der Waals surface area contributed by atoms with Crippen LogP contribution in [0.2, 0.25) is 0 Å². The van der Waals surface area contributed by atoms with E-state index in [4.69, 9.17) is 9.47 Å². The number of anilines is 1. The number of hydrogen-bond acceptors (Lipinski definition) is 4. The summed E-state index contributed by atoms with van der Waals surface area (Å²) in [6.45, 7) is 5.20. The number of H-pyrrole nitrogens is 1. The summed E-state index contributed by atoms with van der Waals surface area (Å²) in [5.74, 6) is 3.00. The number of methoxy groups -OCH3 is 2. The van der Waals surface area contributed by atoms with E-state index >= 15 is 0 Å². The van der Waals surface area contributed by atoms with E-state index in [-0.39, 0.29) is 11.9 Å². The third kappa shape index (κ3) is 4.36. The Kier molecular flexibility index (Phi) is 6.38. The van der Waals surface area contributed by atoms with Crippen molar-refractivity contribution in [2.45, 2.75) is 18.9 Å². The van der Waals surface area contributed by atoms with Crippen molar-refractivity contribution in [3.05, 3.63) is 48.2 Å². The maximum absolute atomic E-state index is 13.2. The number of ether oxygens (including phenoxy) is 2. The van der Waals surface area contributed by atoms with E-state index in [1.165, 1.54) is 4.90 Å². The minimum atomic E-state index is 0.0576. The summed E-state index contributed by atoms with van der Waals surface area (Å²) in [7, 11) is 3.35. The first-order valence-electron chi connectivity index (χ1n) is 10.8. The van der Waals surface area contributed by atoms with Crippen molar-refractivity contribution >= 4 is 11.7 Å². The number of pyridine rings is 1. The van der Waals surface area contributed by atoms with Crippen molar-refractivity contribution in [3.8, 4) is 11.5 Å². The molecule has 7 nitrogen and oxygen atoms in total. The van der Waals surface area contributed by atoms with Crippen LogP contribution in [-0.2, 0) is 4.79 Å². The van der Waals surface area contributed by atoms with Crippen molar-refractivity contribution in [3.63, 3.8) is 0 Å². The van der Waals surface area contributed by atoms with Crippen LogP contribution in [0.25, 0.3) is 0 Å². The Morgan fingerprint density at radius 1 is 1.13 bits per heavy atom.